The average molecular weight is 254 g/mol. The van der Waals surface area contributed by atoms with Gasteiger partial charge in [-0.1, -0.05) is 0 Å². The second-order valence-corrected chi connectivity index (χ2v) is 4.06. The van der Waals surface area contributed by atoms with E-state index in [4.69, 9.17) is 4.74 Å². The second-order valence-electron chi connectivity index (χ2n) is 3.25. The maximum Gasteiger partial charge on any atom is 0.155 e. The monoisotopic (exact) mass is 253 g/mol. The van der Waals surface area contributed by atoms with Crippen LogP contribution in [0.2, 0.25) is 0 Å². The van der Waals surface area contributed by atoms with Gasteiger partial charge in [-0.15, -0.1) is 0 Å². The number of aromatic nitrogens is 3. The van der Waals surface area contributed by atoms with Gasteiger partial charge in [0.05, 0.1) is 30.8 Å². The van der Waals surface area contributed by atoms with Gasteiger partial charge in [-0.25, -0.2) is 9.97 Å². The van der Waals surface area contributed by atoms with Gasteiger partial charge < -0.3 is 4.74 Å². The Morgan fingerprint density at radius 3 is 3.36 bits per heavy atom. The van der Waals surface area contributed by atoms with Gasteiger partial charge in [0, 0.05) is 12.6 Å². The number of ether oxygens (including phenoxy) is 1. The van der Waals surface area contributed by atoms with Crippen molar-refractivity contribution in [1.82, 2.24) is 14.4 Å². The molecule has 0 saturated carbocycles. The summed E-state index contributed by atoms with van der Waals surface area (Å²) in [5.41, 5.74) is 3.18. The molecule has 0 saturated heterocycles. The van der Waals surface area contributed by atoms with E-state index in [1.165, 1.54) is 0 Å². The van der Waals surface area contributed by atoms with E-state index in [0.29, 0.717) is 6.61 Å². The summed E-state index contributed by atoms with van der Waals surface area (Å²) in [4.78, 5) is 8.64. The molecule has 3 rings (SSSR count). The molecular formula is C9H8BrN3O. The van der Waals surface area contributed by atoms with E-state index in [1.807, 2.05) is 10.6 Å². The van der Waals surface area contributed by atoms with Crippen LogP contribution in [0.4, 0.5) is 0 Å². The Morgan fingerprint density at radius 1 is 1.50 bits per heavy atom. The largest absolute Gasteiger partial charge is 0.375 e. The fraction of sp³-hybridized carbons (Fsp3) is 0.333. The first kappa shape index (κ1) is 8.38. The molecule has 72 valence electrons. The lowest BCUT2D eigenvalue weighted by atomic mass is 10.2. The predicted octanol–water partition coefficient (Wildman–Crippen LogP) is 1.56. The van der Waals surface area contributed by atoms with Gasteiger partial charge in [-0.2, -0.15) is 0 Å². The van der Waals surface area contributed by atoms with Crippen molar-refractivity contribution in [3.05, 3.63) is 28.4 Å². The van der Waals surface area contributed by atoms with Crippen molar-refractivity contribution < 1.29 is 4.74 Å². The average Bonchev–Trinajstić information content (AvgIpc) is 2.56. The molecule has 0 unspecified atom stereocenters. The third-order valence-corrected chi connectivity index (χ3v) is 2.79. The van der Waals surface area contributed by atoms with Gasteiger partial charge in [0.25, 0.3) is 0 Å². The molecule has 0 fully saturated rings. The van der Waals surface area contributed by atoms with E-state index in [1.54, 1.807) is 6.20 Å². The molecule has 2 aromatic rings. The summed E-state index contributed by atoms with van der Waals surface area (Å²) in [6.45, 7) is 1.42. The highest BCUT2D eigenvalue weighted by Crippen LogP contribution is 2.19. The lowest BCUT2D eigenvalue weighted by Gasteiger charge is -2.11. The molecule has 0 amide bonds. The molecule has 0 bridgehead atoms. The van der Waals surface area contributed by atoms with E-state index in [2.05, 4.69) is 25.9 Å². The Kier molecular flexibility index (Phi) is 1.81. The van der Waals surface area contributed by atoms with E-state index >= 15 is 0 Å². The number of halogens is 1. The molecule has 4 nitrogen and oxygen atoms in total. The molecule has 3 heterocycles. The first-order chi connectivity index (χ1) is 6.84. The Hall–Kier alpha value is -0.940. The normalized spacial score (nSPS) is 15.8. The molecule has 0 aliphatic carbocycles. The molecule has 1 aliphatic heterocycles. The van der Waals surface area contributed by atoms with Crippen molar-refractivity contribution in [2.75, 3.05) is 6.61 Å². The standard InChI is InChI=1S/C9H8BrN3O/c10-8-4-13-7-5-14-2-1-6(7)12-9(13)3-11-8/h3-4H,1-2,5H2. The van der Waals surface area contributed by atoms with E-state index in [0.717, 1.165) is 34.7 Å². The fourth-order valence-electron chi connectivity index (χ4n) is 1.72. The Labute approximate surface area is 89.1 Å². The molecule has 0 radical (unpaired) electrons. The number of nitrogens with zero attached hydrogens (tertiary/aromatic N) is 3. The Balaban J connectivity index is 2.32. The van der Waals surface area contributed by atoms with Crippen LogP contribution >= 0.6 is 15.9 Å². The zero-order chi connectivity index (χ0) is 9.54. The summed E-state index contributed by atoms with van der Waals surface area (Å²) in [6, 6.07) is 0. The molecule has 5 heteroatoms. The van der Waals surface area contributed by atoms with Gasteiger partial charge >= 0.3 is 0 Å². The van der Waals surface area contributed by atoms with Crippen molar-refractivity contribution in [2.45, 2.75) is 13.0 Å². The first-order valence-electron chi connectivity index (χ1n) is 4.44. The molecule has 0 N–H and O–H groups in total. The van der Waals surface area contributed by atoms with Crippen LogP contribution in [-0.4, -0.2) is 21.0 Å². The molecule has 0 atom stereocenters. The number of hydrogen-bond acceptors (Lipinski definition) is 3. The lowest BCUT2D eigenvalue weighted by Crippen LogP contribution is -2.10. The minimum absolute atomic E-state index is 0.646. The summed E-state index contributed by atoms with van der Waals surface area (Å²) in [5.74, 6) is 0. The van der Waals surface area contributed by atoms with Crippen molar-refractivity contribution in [3.8, 4) is 0 Å². The number of imidazole rings is 1. The SMILES string of the molecule is Brc1cn2c3c(nc2cn1)CCOC3. The van der Waals surface area contributed by atoms with Crippen LogP contribution in [0.25, 0.3) is 5.65 Å². The van der Waals surface area contributed by atoms with Crippen LogP contribution in [0.3, 0.4) is 0 Å². The van der Waals surface area contributed by atoms with E-state index in [-0.39, 0.29) is 0 Å². The lowest BCUT2D eigenvalue weighted by molar-refractivity contribution is 0.106. The Morgan fingerprint density at radius 2 is 2.43 bits per heavy atom. The van der Waals surface area contributed by atoms with Crippen molar-refractivity contribution >= 4 is 21.6 Å². The summed E-state index contributed by atoms with van der Waals surface area (Å²) in [7, 11) is 0. The molecule has 0 spiro atoms. The van der Waals surface area contributed by atoms with Crippen LogP contribution in [0, 0.1) is 0 Å². The molecular weight excluding hydrogens is 246 g/mol. The van der Waals surface area contributed by atoms with Crippen molar-refractivity contribution in [1.29, 1.82) is 0 Å². The van der Waals surface area contributed by atoms with Gasteiger partial charge in [-0.3, -0.25) is 4.40 Å². The number of hydrogen-bond donors (Lipinski definition) is 0. The van der Waals surface area contributed by atoms with Crippen molar-refractivity contribution in [2.24, 2.45) is 0 Å². The molecule has 2 aromatic heterocycles. The summed E-state index contributed by atoms with van der Waals surface area (Å²) in [5, 5.41) is 0. The van der Waals surface area contributed by atoms with Crippen LogP contribution in [0.1, 0.15) is 11.4 Å². The zero-order valence-electron chi connectivity index (χ0n) is 7.40. The third-order valence-electron chi connectivity index (χ3n) is 2.38. The minimum atomic E-state index is 0.646. The first-order valence-corrected chi connectivity index (χ1v) is 5.23. The number of rotatable bonds is 0. The van der Waals surface area contributed by atoms with E-state index in [9.17, 15) is 0 Å². The summed E-state index contributed by atoms with van der Waals surface area (Å²) in [6.07, 6.45) is 4.59. The quantitative estimate of drug-likeness (QED) is 0.716. The molecule has 0 aromatic carbocycles. The summed E-state index contributed by atoms with van der Waals surface area (Å²) < 4.78 is 8.25. The summed E-state index contributed by atoms with van der Waals surface area (Å²) >= 11 is 3.34. The second kappa shape index (κ2) is 3.03. The third kappa shape index (κ3) is 1.16. The van der Waals surface area contributed by atoms with Gasteiger partial charge in [0.15, 0.2) is 5.65 Å². The maximum absolute atomic E-state index is 5.41. The topological polar surface area (TPSA) is 39.4 Å². The van der Waals surface area contributed by atoms with Crippen LogP contribution < -0.4 is 0 Å². The highest BCUT2D eigenvalue weighted by atomic mass is 79.9. The highest BCUT2D eigenvalue weighted by molar-refractivity contribution is 9.10. The van der Waals surface area contributed by atoms with Crippen LogP contribution in [0.5, 0.6) is 0 Å². The van der Waals surface area contributed by atoms with Crippen LogP contribution in [0.15, 0.2) is 17.0 Å². The van der Waals surface area contributed by atoms with E-state index < -0.39 is 0 Å². The van der Waals surface area contributed by atoms with Crippen molar-refractivity contribution in [3.63, 3.8) is 0 Å². The highest BCUT2D eigenvalue weighted by Gasteiger charge is 2.16. The molecule has 1 aliphatic rings. The maximum atomic E-state index is 5.41. The van der Waals surface area contributed by atoms with Gasteiger partial charge in [-0.05, 0) is 15.9 Å². The number of fused-ring (bicyclic) bond motifs is 3. The van der Waals surface area contributed by atoms with Gasteiger partial charge in [0.1, 0.15) is 4.60 Å². The Bertz CT molecular complexity index is 494. The van der Waals surface area contributed by atoms with Gasteiger partial charge in [0.2, 0.25) is 0 Å². The van der Waals surface area contributed by atoms with Crippen LogP contribution in [-0.2, 0) is 17.8 Å². The fourth-order valence-corrected chi connectivity index (χ4v) is 2.03. The zero-order valence-corrected chi connectivity index (χ0v) is 8.99. The smallest absolute Gasteiger partial charge is 0.155 e. The minimum Gasteiger partial charge on any atom is -0.375 e. The molecule has 14 heavy (non-hydrogen) atoms. The predicted molar refractivity (Wildman–Crippen MR) is 54.0 cm³/mol.